The smallest absolute Gasteiger partial charge is 0.145 e. The van der Waals surface area contributed by atoms with Crippen LogP contribution in [0.15, 0.2) is 0 Å². The minimum atomic E-state index is -0.402. The average molecular weight is 349 g/mol. The zero-order valence-electron chi connectivity index (χ0n) is 9.83. The number of ketones is 2. The number of hydrogen-bond donors (Lipinski definition) is 0. The van der Waals surface area contributed by atoms with Crippen molar-refractivity contribution in [3.05, 3.63) is 0 Å². The number of Topliss-reactive ketones (excluding diaryl/α,β-unsaturated/α-hetero) is 2. The van der Waals surface area contributed by atoms with Crippen LogP contribution >= 0.6 is 0 Å². The van der Waals surface area contributed by atoms with Gasteiger partial charge in [-0.05, 0) is 0 Å². The summed E-state index contributed by atoms with van der Waals surface area (Å²) in [5, 5.41) is 0. The number of carbonyl (C=O) groups excluding carboxylic acids is 2. The van der Waals surface area contributed by atoms with Gasteiger partial charge in [0, 0.05) is 48.6 Å². The monoisotopic (exact) mass is 349 g/mol. The van der Waals surface area contributed by atoms with E-state index in [1.165, 1.54) is 0 Å². The van der Waals surface area contributed by atoms with Crippen LogP contribution < -0.4 is 0 Å². The number of rotatable bonds is 2. The van der Waals surface area contributed by atoms with Crippen molar-refractivity contribution in [1.29, 1.82) is 0 Å². The molecule has 2 nitrogen and oxygen atoms in total. The maximum Gasteiger partial charge on any atom is 0.145 e. The van der Waals surface area contributed by atoms with Gasteiger partial charge < -0.3 is 0 Å². The molecule has 87 valence electrons. The van der Waals surface area contributed by atoms with E-state index in [1.807, 2.05) is 41.5 Å². The van der Waals surface area contributed by atoms with Gasteiger partial charge in [0.2, 0.25) is 0 Å². The van der Waals surface area contributed by atoms with Crippen molar-refractivity contribution in [3.63, 3.8) is 0 Å². The molecular formula is C11H20HoO2. The molecule has 0 spiro atoms. The van der Waals surface area contributed by atoms with E-state index in [1.54, 1.807) is 0 Å². The molecular weight excluding hydrogens is 329 g/mol. The van der Waals surface area contributed by atoms with Crippen molar-refractivity contribution >= 4 is 11.6 Å². The minimum absolute atomic E-state index is 0. The summed E-state index contributed by atoms with van der Waals surface area (Å²) < 4.78 is 0. The Labute approximate surface area is 117 Å². The summed E-state index contributed by atoms with van der Waals surface area (Å²) in [6.45, 7) is 11.0. The Kier molecular flexibility index (Phi) is 6.83. The Hall–Kier alpha value is 0.600. The molecule has 0 bridgehead atoms. The first-order valence-corrected chi connectivity index (χ1v) is 4.62. The molecule has 0 unspecified atom stereocenters. The van der Waals surface area contributed by atoms with Gasteiger partial charge in [0.15, 0.2) is 0 Å². The summed E-state index contributed by atoms with van der Waals surface area (Å²) >= 11 is 0. The van der Waals surface area contributed by atoms with E-state index < -0.39 is 10.8 Å². The van der Waals surface area contributed by atoms with E-state index in [2.05, 4.69) is 0 Å². The fourth-order valence-corrected chi connectivity index (χ4v) is 0.676. The first-order valence-electron chi connectivity index (χ1n) is 4.62. The summed E-state index contributed by atoms with van der Waals surface area (Å²) in [6.07, 6.45) is 0.0625. The molecule has 0 aliphatic rings. The molecule has 1 radical (unpaired) electrons. The Morgan fingerprint density at radius 2 is 1.00 bits per heavy atom. The van der Waals surface area contributed by atoms with Crippen LogP contribution in [0.25, 0.3) is 0 Å². The summed E-state index contributed by atoms with van der Waals surface area (Å²) in [5.74, 6) is 0.0415. The van der Waals surface area contributed by atoms with E-state index >= 15 is 0 Å². The predicted octanol–water partition coefficient (Wildman–Crippen LogP) is 2.61. The second kappa shape index (κ2) is 5.62. The van der Waals surface area contributed by atoms with Gasteiger partial charge in [0.05, 0.1) is 6.42 Å². The first-order chi connectivity index (χ1) is 5.55. The van der Waals surface area contributed by atoms with Gasteiger partial charge in [0.25, 0.3) is 0 Å². The van der Waals surface area contributed by atoms with Crippen molar-refractivity contribution in [2.24, 2.45) is 10.8 Å². The van der Waals surface area contributed by atoms with Gasteiger partial charge in [0.1, 0.15) is 11.6 Å². The van der Waals surface area contributed by atoms with E-state index in [0.717, 1.165) is 0 Å². The Bertz CT molecular complexity index is 194. The third-order valence-corrected chi connectivity index (χ3v) is 1.99. The molecule has 0 aromatic heterocycles. The summed E-state index contributed by atoms with van der Waals surface area (Å²) in [6, 6.07) is 0. The molecule has 0 rings (SSSR count). The van der Waals surface area contributed by atoms with Crippen molar-refractivity contribution in [3.8, 4) is 0 Å². The van der Waals surface area contributed by atoms with Gasteiger partial charge in [-0.2, -0.15) is 0 Å². The third kappa shape index (κ3) is 6.15. The zero-order valence-corrected chi connectivity index (χ0v) is 11.8. The second-order valence-electron chi connectivity index (χ2n) is 5.52. The molecule has 0 aromatic rings. The summed E-state index contributed by atoms with van der Waals surface area (Å²) in [7, 11) is 0. The molecule has 0 heterocycles. The van der Waals surface area contributed by atoms with Crippen molar-refractivity contribution < 1.29 is 47.3 Å². The quantitative estimate of drug-likeness (QED) is 0.567. The van der Waals surface area contributed by atoms with Crippen LogP contribution in [0, 0.1) is 48.6 Å². The molecule has 0 amide bonds. The SMILES string of the molecule is CC(C)(C)C(=O)CC(=O)C(C)(C)C.[Ho]. The molecule has 0 fully saturated rings. The third-order valence-electron chi connectivity index (χ3n) is 1.99. The normalized spacial score (nSPS) is 11.9. The summed E-state index contributed by atoms with van der Waals surface area (Å²) in [5.41, 5.74) is -0.804. The Morgan fingerprint density at radius 1 is 0.786 bits per heavy atom. The molecule has 0 aromatic carbocycles. The molecule has 0 N–H and O–H groups in total. The van der Waals surface area contributed by atoms with Crippen LogP contribution in [0.3, 0.4) is 0 Å². The summed E-state index contributed by atoms with van der Waals surface area (Å²) in [4.78, 5) is 23.0. The largest absolute Gasteiger partial charge is 0.299 e. The topological polar surface area (TPSA) is 34.1 Å². The average Bonchev–Trinajstić information content (AvgIpc) is 1.82. The standard InChI is InChI=1S/C11H20O2.Ho/c1-10(2,3)8(12)7-9(13)11(4,5)6;/h7H2,1-6H3;. The van der Waals surface area contributed by atoms with E-state index in [9.17, 15) is 9.59 Å². The van der Waals surface area contributed by atoms with Gasteiger partial charge in [-0.25, -0.2) is 0 Å². The molecule has 14 heavy (non-hydrogen) atoms. The van der Waals surface area contributed by atoms with Crippen molar-refractivity contribution in [1.82, 2.24) is 0 Å². The van der Waals surface area contributed by atoms with E-state index in [0.29, 0.717) is 0 Å². The molecule has 0 aliphatic heterocycles. The van der Waals surface area contributed by atoms with Gasteiger partial charge in [-0.1, -0.05) is 41.5 Å². The molecule has 0 saturated carbocycles. The first kappa shape index (κ1) is 17.0. The van der Waals surface area contributed by atoms with Crippen molar-refractivity contribution in [2.75, 3.05) is 0 Å². The molecule has 0 aliphatic carbocycles. The van der Waals surface area contributed by atoms with E-state index in [-0.39, 0.29) is 55.7 Å². The Balaban J connectivity index is 0. The van der Waals surface area contributed by atoms with Crippen LogP contribution in [0.2, 0.25) is 0 Å². The van der Waals surface area contributed by atoms with Gasteiger partial charge >= 0.3 is 0 Å². The van der Waals surface area contributed by atoms with Gasteiger partial charge in [-0.3, -0.25) is 9.59 Å². The van der Waals surface area contributed by atoms with Crippen LogP contribution in [0.4, 0.5) is 0 Å². The maximum atomic E-state index is 11.5. The van der Waals surface area contributed by atoms with Crippen molar-refractivity contribution in [2.45, 2.75) is 48.0 Å². The van der Waals surface area contributed by atoms with Crippen LogP contribution in [0.1, 0.15) is 48.0 Å². The van der Waals surface area contributed by atoms with Gasteiger partial charge in [-0.15, -0.1) is 0 Å². The molecule has 3 heteroatoms. The maximum absolute atomic E-state index is 11.5. The number of carbonyl (C=O) groups is 2. The van der Waals surface area contributed by atoms with Crippen LogP contribution in [-0.2, 0) is 9.59 Å². The molecule has 0 saturated heterocycles. The zero-order chi connectivity index (χ0) is 10.9. The Morgan fingerprint density at radius 3 is 1.14 bits per heavy atom. The molecule has 0 atom stereocenters. The van der Waals surface area contributed by atoms with Crippen LogP contribution in [0.5, 0.6) is 0 Å². The minimum Gasteiger partial charge on any atom is -0.299 e. The second-order valence-corrected chi connectivity index (χ2v) is 5.52. The fraction of sp³-hybridized carbons (Fsp3) is 0.818. The predicted molar refractivity (Wildman–Crippen MR) is 53.5 cm³/mol. The number of hydrogen-bond acceptors (Lipinski definition) is 2. The van der Waals surface area contributed by atoms with Crippen LogP contribution in [-0.4, -0.2) is 11.6 Å². The van der Waals surface area contributed by atoms with E-state index in [4.69, 9.17) is 0 Å². The fourth-order valence-electron chi connectivity index (χ4n) is 0.676.